The molecule has 1 fully saturated rings. The van der Waals surface area contributed by atoms with Crippen molar-refractivity contribution in [3.63, 3.8) is 0 Å². The summed E-state index contributed by atoms with van der Waals surface area (Å²) >= 11 is 3.60. The van der Waals surface area contributed by atoms with Gasteiger partial charge in [-0.3, -0.25) is 4.99 Å². The Labute approximate surface area is 152 Å². The van der Waals surface area contributed by atoms with E-state index in [0.29, 0.717) is 17.9 Å². The minimum Gasteiger partial charge on any atom is -0.382 e. The van der Waals surface area contributed by atoms with Gasteiger partial charge in [0.25, 0.3) is 0 Å². The molecular weight excluding hydrogens is 366 g/mol. The van der Waals surface area contributed by atoms with Gasteiger partial charge in [-0.05, 0) is 64.2 Å². The number of aryl methyl sites for hydroxylation is 1. The molecule has 24 heavy (non-hydrogen) atoms. The third-order valence-corrected chi connectivity index (χ3v) is 5.73. The number of amidine groups is 1. The molecule has 1 heterocycles. The SMILES string of the molecule is CCOC1CCC(C2(c3cc(Br)ccc3C)N=C(C)C(N)=N2)CC1. The van der Waals surface area contributed by atoms with Crippen LogP contribution in [0.25, 0.3) is 0 Å². The largest absolute Gasteiger partial charge is 0.382 e. The first-order valence-corrected chi connectivity index (χ1v) is 9.56. The van der Waals surface area contributed by atoms with E-state index in [1.807, 2.05) is 6.92 Å². The van der Waals surface area contributed by atoms with Gasteiger partial charge in [-0.25, -0.2) is 4.99 Å². The molecule has 1 aliphatic heterocycles. The van der Waals surface area contributed by atoms with Crippen molar-refractivity contribution in [3.05, 3.63) is 33.8 Å². The summed E-state index contributed by atoms with van der Waals surface area (Å²) in [6.07, 6.45) is 4.63. The number of rotatable bonds is 4. The van der Waals surface area contributed by atoms with Crippen molar-refractivity contribution in [2.45, 2.75) is 58.2 Å². The van der Waals surface area contributed by atoms with Gasteiger partial charge in [0.1, 0.15) is 5.84 Å². The molecule has 0 spiro atoms. The van der Waals surface area contributed by atoms with Crippen LogP contribution in [0.4, 0.5) is 0 Å². The molecule has 1 aliphatic carbocycles. The highest BCUT2D eigenvalue weighted by Crippen LogP contribution is 2.47. The second kappa shape index (κ2) is 6.96. The summed E-state index contributed by atoms with van der Waals surface area (Å²) in [7, 11) is 0. The number of aliphatic imine (C=N–C) groups is 2. The average molecular weight is 392 g/mol. The first kappa shape index (κ1) is 17.6. The Balaban J connectivity index is 1.99. The number of hydrogen-bond donors (Lipinski definition) is 1. The Bertz CT molecular complexity index is 657. The highest BCUT2D eigenvalue weighted by molar-refractivity contribution is 9.10. The molecule has 0 bridgehead atoms. The van der Waals surface area contributed by atoms with Crippen molar-refractivity contribution in [3.8, 4) is 0 Å². The summed E-state index contributed by atoms with van der Waals surface area (Å²) in [4.78, 5) is 9.89. The molecule has 1 atom stereocenters. The number of hydrogen-bond acceptors (Lipinski definition) is 4. The fourth-order valence-corrected chi connectivity index (χ4v) is 4.34. The molecule has 5 heteroatoms. The summed E-state index contributed by atoms with van der Waals surface area (Å²) in [6, 6.07) is 6.35. The molecule has 1 aromatic rings. The Hall–Kier alpha value is -1.20. The summed E-state index contributed by atoms with van der Waals surface area (Å²) in [5, 5.41) is 0. The smallest absolute Gasteiger partial charge is 0.181 e. The Morgan fingerprint density at radius 1 is 1.21 bits per heavy atom. The normalized spacial score (nSPS) is 30.2. The van der Waals surface area contributed by atoms with E-state index in [1.165, 1.54) is 5.56 Å². The highest BCUT2D eigenvalue weighted by Gasteiger charge is 2.45. The van der Waals surface area contributed by atoms with Crippen LogP contribution in [0.3, 0.4) is 0 Å². The lowest BCUT2D eigenvalue weighted by atomic mass is 9.75. The van der Waals surface area contributed by atoms with Gasteiger partial charge in [-0.1, -0.05) is 22.0 Å². The lowest BCUT2D eigenvalue weighted by Gasteiger charge is -2.38. The van der Waals surface area contributed by atoms with Crippen LogP contribution in [-0.4, -0.2) is 24.3 Å². The standard InChI is InChI=1S/C19H26BrN3O/c1-4-24-16-9-6-14(7-10-16)19(22-13(3)18(21)23-19)17-11-15(20)8-5-12(17)2/h5,8,11,14,16H,4,6-7,9-10H2,1-3H3,(H2,21,23). The molecule has 2 aliphatic rings. The number of benzene rings is 1. The van der Waals surface area contributed by atoms with E-state index in [0.717, 1.165) is 48.0 Å². The molecule has 1 aromatic carbocycles. The summed E-state index contributed by atoms with van der Waals surface area (Å²) in [5.74, 6) is 0.930. The van der Waals surface area contributed by atoms with Crippen LogP contribution in [0, 0.1) is 12.8 Å². The maximum absolute atomic E-state index is 6.14. The molecule has 4 nitrogen and oxygen atoms in total. The van der Waals surface area contributed by atoms with Crippen molar-refractivity contribution in [2.75, 3.05) is 6.61 Å². The molecular formula is C19H26BrN3O. The molecule has 130 valence electrons. The van der Waals surface area contributed by atoms with E-state index in [2.05, 4.69) is 48.0 Å². The summed E-state index contributed by atoms with van der Waals surface area (Å²) in [5.41, 5.74) is 8.79. The quantitative estimate of drug-likeness (QED) is 0.829. The van der Waals surface area contributed by atoms with E-state index in [4.69, 9.17) is 20.5 Å². The molecule has 0 radical (unpaired) electrons. The topological polar surface area (TPSA) is 60.0 Å². The maximum atomic E-state index is 6.14. The van der Waals surface area contributed by atoms with E-state index in [1.54, 1.807) is 0 Å². The monoisotopic (exact) mass is 391 g/mol. The fraction of sp³-hybridized carbons (Fsp3) is 0.579. The minimum absolute atomic E-state index is 0.359. The third-order valence-electron chi connectivity index (χ3n) is 5.24. The zero-order valence-electron chi connectivity index (χ0n) is 14.7. The number of ether oxygens (including phenoxy) is 1. The van der Waals surface area contributed by atoms with Crippen LogP contribution in [0.15, 0.2) is 32.7 Å². The van der Waals surface area contributed by atoms with Crippen molar-refractivity contribution in [2.24, 2.45) is 21.6 Å². The second-order valence-electron chi connectivity index (χ2n) is 6.81. The Kier molecular flexibility index (Phi) is 5.11. The zero-order valence-corrected chi connectivity index (χ0v) is 16.3. The lowest BCUT2D eigenvalue weighted by Crippen LogP contribution is -2.36. The van der Waals surface area contributed by atoms with Crippen LogP contribution in [0.1, 0.15) is 50.7 Å². The van der Waals surface area contributed by atoms with Crippen molar-refractivity contribution in [1.29, 1.82) is 0 Å². The van der Waals surface area contributed by atoms with Gasteiger partial charge < -0.3 is 10.5 Å². The van der Waals surface area contributed by atoms with Crippen molar-refractivity contribution in [1.82, 2.24) is 0 Å². The number of halogens is 1. The van der Waals surface area contributed by atoms with E-state index in [9.17, 15) is 0 Å². The van der Waals surface area contributed by atoms with Crippen LogP contribution < -0.4 is 5.73 Å². The predicted molar refractivity (Wildman–Crippen MR) is 103 cm³/mol. The third kappa shape index (κ3) is 3.16. The van der Waals surface area contributed by atoms with Gasteiger partial charge >= 0.3 is 0 Å². The van der Waals surface area contributed by atoms with Crippen LogP contribution >= 0.6 is 15.9 Å². The van der Waals surface area contributed by atoms with Gasteiger partial charge in [-0.15, -0.1) is 0 Å². The minimum atomic E-state index is -0.570. The zero-order chi connectivity index (χ0) is 17.3. The van der Waals surface area contributed by atoms with Crippen LogP contribution in [0.2, 0.25) is 0 Å². The molecule has 1 saturated carbocycles. The van der Waals surface area contributed by atoms with E-state index >= 15 is 0 Å². The summed E-state index contributed by atoms with van der Waals surface area (Å²) < 4.78 is 6.87. The second-order valence-corrected chi connectivity index (χ2v) is 7.72. The Morgan fingerprint density at radius 2 is 1.92 bits per heavy atom. The number of nitrogens with zero attached hydrogens (tertiary/aromatic N) is 2. The first-order valence-electron chi connectivity index (χ1n) is 8.76. The fourth-order valence-electron chi connectivity index (χ4n) is 3.98. The summed E-state index contributed by atoms with van der Waals surface area (Å²) in [6.45, 7) is 6.94. The molecule has 0 amide bonds. The van der Waals surface area contributed by atoms with E-state index in [-0.39, 0.29) is 0 Å². The first-order chi connectivity index (χ1) is 11.5. The number of nitrogens with two attached hydrogens (primary N) is 1. The van der Waals surface area contributed by atoms with Gasteiger partial charge in [0.05, 0.1) is 11.8 Å². The van der Waals surface area contributed by atoms with Gasteiger partial charge in [0.2, 0.25) is 0 Å². The Morgan fingerprint density at radius 3 is 2.50 bits per heavy atom. The van der Waals surface area contributed by atoms with Crippen molar-refractivity contribution >= 4 is 27.5 Å². The van der Waals surface area contributed by atoms with Gasteiger partial charge in [0.15, 0.2) is 5.66 Å². The van der Waals surface area contributed by atoms with Crippen LogP contribution in [0.5, 0.6) is 0 Å². The van der Waals surface area contributed by atoms with E-state index < -0.39 is 5.66 Å². The molecule has 1 unspecified atom stereocenters. The van der Waals surface area contributed by atoms with Crippen molar-refractivity contribution < 1.29 is 4.74 Å². The van der Waals surface area contributed by atoms with Gasteiger partial charge in [-0.2, -0.15) is 0 Å². The lowest BCUT2D eigenvalue weighted by molar-refractivity contribution is 0.0154. The van der Waals surface area contributed by atoms with Crippen LogP contribution in [-0.2, 0) is 10.4 Å². The maximum Gasteiger partial charge on any atom is 0.181 e. The molecule has 3 rings (SSSR count). The molecule has 0 saturated heterocycles. The molecule has 0 aromatic heterocycles. The molecule has 2 N–H and O–H groups in total. The predicted octanol–water partition coefficient (Wildman–Crippen LogP) is 4.34. The highest BCUT2D eigenvalue weighted by atomic mass is 79.9. The average Bonchev–Trinajstić information content (AvgIpc) is 2.87. The van der Waals surface area contributed by atoms with Gasteiger partial charge in [0, 0.05) is 22.6 Å².